The highest BCUT2D eigenvalue weighted by molar-refractivity contribution is 6.33. The lowest BCUT2D eigenvalue weighted by atomic mass is 9.94. The largest absolute Gasteiger partial charge is 0.390 e. The van der Waals surface area contributed by atoms with Crippen molar-refractivity contribution in [2.45, 2.75) is 32.3 Å². The van der Waals surface area contributed by atoms with Crippen LogP contribution in [0.25, 0.3) is 44.0 Å². The molecule has 1 heterocycles. The molecular formula is C28H21ClN4O. The first-order valence-electron chi connectivity index (χ1n) is 11.0. The van der Waals surface area contributed by atoms with Gasteiger partial charge in [-0.1, -0.05) is 41.9 Å². The van der Waals surface area contributed by atoms with Crippen LogP contribution < -0.4 is 0 Å². The van der Waals surface area contributed by atoms with Crippen LogP contribution in [0.1, 0.15) is 37.0 Å². The quantitative estimate of drug-likeness (QED) is 0.291. The van der Waals surface area contributed by atoms with E-state index in [1.54, 1.807) is 18.2 Å². The van der Waals surface area contributed by atoms with E-state index in [0.717, 1.165) is 44.6 Å². The van der Waals surface area contributed by atoms with Gasteiger partial charge in [0, 0.05) is 15.8 Å². The molecule has 2 N–H and O–H groups in total. The van der Waals surface area contributed by atoms with E-state index in [1.165, 1.54) is 0 Å². The van der Waals surface area contributed by atoms with Gasteiger partial charge < -0.3 is 10.1 Å². The second kappa shape index (κ2) is 8.15. The maximum absolute atomic E-state index is 10.2. The second-order valence-electron chi connectivity index (χ2n) is 9.14. The summed E-state index contributed by atoms with van der Waals surface area (Å²) in [6.07, 6.45) is 1.39. The van der Waals surface area contributed by atoms with Crippen molar-refractivity contribution >= 4 is 44.2 Å². The van der Waals surface area contributed by atoms with E-state index in [9.17, 15) is 15.6 Å². The molecule has 0 spiro atoms. The molecule has 1 aromatic heterocycles. The number of aryl methyl sites for hydroxylation is 1. The smallest absolute Gasteiger partial charge is 0.141 e. The van der Waals surface area contributed by atoms with Gasteiger partial charge in [0.2, 0.25) is 0 Å². The Morgan fingerprint density at radius 1 is 0.941 bits per heavy atom. The molecule has 6 heteroatoms. The van der Waals surface area contributed by atoms with Crippen molar-refractivity contribution < 1.29 is 5.11 Å². The molecule has 5 rings (SSSR count). The lowest BCUT2D eigenvalue weighted by Crippen LogP contribution is -2.19. The molecule has 0 aliphatic rings. The SMILES string of the molecule is CC(C)(O)CCc1ccc2c(c1)c1cc(Cl)ccc1c1nc(-c3c(C#N)cccc3C#N)[nH]c21. The van der Waals surface area contributed by atoms with Gasteiger partial charge in [-0.05, 0) is 67.3 Å². The minimum absolute atomic E-state index is 0.392. The van der Waals surface area contributed by atoms with Crippen molar-refractivity contribution in [3.8, 4) is 23.5 Å². The molecule has 0 bridgehead atoms. The fraction of sp³-hybridized carbons (Fsp3) is 0.179. The number of H-pyrrole nitrogens is 1. The lowest BCUT2D eigenvalue weighted by Gasteiger charge is -2.17. The van der Waals surface area contributed by atoms with E-state index in [1.807, 2.05) is 32.0 Å². The van der Waals surface area contributed by atoms with Crippen LogP contribution in [0, 0.1) is 22.7 Å². The van der Waals surface area contributed by atoms with Crippen molar-refractivity contribution in [3.05, 3.63) is 76.3 Å². The average Bonchev–Trinajstić information content (AvgIpc) is 3.26. The Morgan fingerprint density at radius 3 is 2.29 bits per heavy atom. The summed E-state index contributed by atoms with van der Waals surface area (Å²) in [5, 5.41) is 34.0. The monoisotopic (exact) mass is 464 g/mol. The maximum atomic E-state index is 10.2. The number of fused-ring (bicyclic) bond motifs is 6. The average molecular weight is 465 g/mol. The van der Waals surface area contributed by atoms with Gasteiger partial charge >= 0.3 is 0 Å². The Hall–Kier alpha value is -3.90. The summed E-state index contributed by atoms with van der Waals surface area (Å²) in [5.41, 5.74) is 3.26. The van der Waals surface area contributed by atoms with Gasteiger partial charge in [-0.25, -0.2) is 4.98 Å². The fourth-order valence-electron chi connectivity index (χ4n) is 4.46. The summed E-state index contributed by atoms with van der Waals surface area (Å²) in [6.45, 7) is 3.63. The van der Waals surface area contributed by atoms with Gasteiger partial charge in [0.05, 0.1) is 45.5 Å². The first-order chi connectivity index (χ1) is 16.3. The molecule has 4 aromatic carbocycles. The van der Waals surface area contributed by atoms with Crippen LogP contribution in [0.4, 0.5) is 0 Å². The van der Waals surface area contributed by atoms with Gasteiger partial charge in [0.15, 0.2) is 0 Å². The molecule has 0 aliphatic carbocycles. The molecule has 166 valence electrons. The van der Waals surface area contributed by atoms with Crippen LogP contribution in [0.2, 0.25) is 5.02 Å². The standard InChI is InChI=1S/C28H21ClN4O/c1-28(2,34)11-10-16-6-8-20-22(12-16)23-13-19(29)7-9-21(23)26-25(20)32-27(33-26)24-17(14-30)4-3-5-18(24)15-31/h3-9,12-13,34H,10-11H2,1-2H3,(H,32,33). The van der Waals surface area contributed by atoms with Crippen molar-refractivity contribution in [2.75, 3.05) is 0 Å². The molecule has 0 saturated heterocycles. The molecule has 0 unspecified atom stereocenters. The highest BCUT2D eigenvalue weighted by atomic mass is 35.5. The van der Waals surface area contributed by atoms with Gasteiger partial charge in [-0.15, -0.1) is 0 Å². The Morgan fingerprint density at radius 2 is 1.62 bits per heavy atom. The van der Waals surface area contributed by atoms with Crippen molar-refractivity contribution in [1.29, 1.82) is 10.5 Å². The Kier molecular flexibility index (Phi) is 5.25. The van der Waals surface area contributed by atoms with Crippen LogP contribution >= 0.6 is 11.6 Å². The molecule has 0 aliphatic heterocycles. The predicted octanol–water partition coefficient (Wildman–Crippen LogP) is 6.64. The minimum Gasteiger partial charge on any atom is -0.390 e. The number of hydrogen-bond acceptors (Lipinski definition) is 4. The number of rotatable bonds is 4. The number of benzene rings is 4. The number of imidazole rings is 1. The van der Waals surface area contributed by atoms with E-state index < -0.39 is 5.60 Å². The maximum Gasteiger partial charge on any atom is 0.141 e. The molecular weight excluding hydrogens is 444 g/mol. The summed E-state index contributed by atoms with van der Waals surface area (Å²) in [6, 6.07) is 21.4. The number of hydrogen-bond donors (Lipinski definition) is 2. The van der Waals surface area contributed by atoms with Gasteiger partial charge in [-0.3, -0.25) is 0 Å². The first-order valence-corrected chi connectivity index (χ1v) is 11.4. The molecule has 34 heavy (non-hydrogen) atoms. The summed E-state index contributed by atoms with van der Waals surface area (Å²) in [7, 11) is 0. The molecule has 0 amide bonds. The fourth-order valence-corrected chi connectivity index (χ4v) is 4.63. The van der Waals surface area contributed by atoms with Crippen LogP contribution in [0.5, 0.6) is 0 Å². The predicted molar refractivity (Wildman–Crippen MR) is 136 cm³/mol. The van der Waals surface area contributed by atoms with Crippen molar-refractivity contribution in [2.24, 2.45) is 0 Å². The molecule has 5 nitrogen and oxygen atoms in total. The number of nitriles is 2. The third kappa shape index (κ3) is 3.76. The third-order valence-electron chi connectivity index (χ3n) is 6.15. The number of aromatic amines is 1. The minimum atomic E-state index is -0.741. The first kappa shape index (κ1) is 21.9. The van der Waals surface area contributed by atoms with Crippen LogP contribution in [0.3, 0.4) is 0 Å². The van der Waals surface area contributed by atoms with E-state index >= 15 is 0 Å². The van der Waals surface area contributed by atoms with E-state index in [0.29, 0.717) is 34.0 Å². The van der Waals surface area contributed by atoms with Gasteiger partial charge in [-0.2, -0.15) is 10.5 Å². The zero-order chi connectivity index (χ0) is 24.0. The number of halogens is 1. The topological polar surface area (TPSA) is 96.5 Å². The van der Waals surface area contributed by atoms with Crippen molar-refractivity contribution in [3.63, 3.8) is 0 Å². The van der Waals surface area contributed by atoms with Crippen LogP contribution in [0.15, 0.2) is 54.6 Å². The summed E-state index contributed by atoms with van der Waals surface area (Å²) in [5.74, 6) is 0.485. The summed E-state index contributed by atoms with van der Waals surface area (Å²) >= 11 is 6.38. The highest BCUT2D eigenvalue weighted by Crippen LogP contribution is 2.38. The van der Waals surface area contributed by atoms with E-state index in [-0.39, 0.29) is 0 Å². The third-order valence-corrected chi connectivity index (χ3v) is 6.39. The van der Waals surface area contributed by atoms with Crippen molar-refractivity contribution in [1.82, 2.24) is 9.97 Å². The number of nitrogens with one attached hydrogen (secondary N) is 1. The lowest BCUT2D eigenvalue weighted by molar-refractivity contribution is 0.0714. The van der Waals surface area contributed by atoms with Gasteiger partial charge in [0.1, 0.15) is 5.82 Å². The van der Waals surface area contributed by atoms with E-state index in [2.05, 4.69) is 35.3 Å². The molecule has 0 saturated carbocycles. The Bertz CT molecular complexity index is 1650. The number of aromatic nitrogens is 2. The normalized spacial score (nSPS) is 11.7. The molecule has 5 aromatic rings. The Labute approximate surface area is 201 Å². The van der Waals surface area contributed by atoms with Crippen LogP contribution in [-0.2, 0) is 6.42 Å². The number of aliphatic hydroxyl groups is 1. The van der Waals surface area contributed by atoms with Gasteiger partial charge in [0.25, 0.3) is 0 Å². The zero-order valence-electron chi connectivity index (χ0n) is 18.8. The zero-order valence-corrected chi connectivity index (χ0v) is 19.5. The van der Waals surface area contributed by atoms with E-state index in [4.69, 9.17) is 16.6 Å². The molecule has 0 atom stereocenters. The number of nitrogens with zero attached hydrogens (tertiary/aromatic N) is 3. The van der Waals surface area contributed by atoms with Crippen LogP contribution in [-0.4, -0.2) is 20.7 Å². The summed E-state index contributed by atoms with van der Waals surface area (Å²) < 4.78 is 0. The highest BCUT2D eigenvalue weighted by Gasteiger charge is 2.19. The summed E-state index contributed by atoms with van der Waals surface area (Å²) in [4.78, 5) is 8.27. The second-order valence-corrected chi connectivity index (χ2v) is 9.58. The molecule has 0 fully saturated rings. The molecule has 0 radical (unpaired) electrons. The Balaban J connectivity index is 1.82.